The van der Waals surface area contributed by atoms with E-state index in [1.54, 1.807) is 18.2 Å². The van der Waals surface area contributed by atoms with Gasteiger partial charge in [0.05, 0.1) is 10.7 Å². The molecule has 0 spiro atoms. The second kappa shape index (κ2) is 4.91. The zero-order chi connectivity index (χ0) is 13.3. The lowest BCUT2D eigenvalue weighted by atomic mass is 10.1. The second-order valence-electron chi connectivity index (χ2n) is 4.47. The summed E-state index contributed by atoms with van der Waals surface area (Å²) in [6.45, 7) is 6.12. The summed E-state index contributed by atoms with van der Waals surface area (Å²) in [4.78, 5) is 0. The van der Waals surface area contributed by atoms with Gasteiger partial charge in [-0.15, -0.1) is 0 Å². The Morgan fingerprint density at radius 1 is 1.11 bits per heavy atom. The fourth-order valence-electron chi connectivity index (χ4n) is 1.85. The highest BCUT2D eigenvalue weighted by atomic mass is 35.5. The van der Waals surface area contributed by atoms with Crippen LogP contribution in [0.3, 0.4) is 0 Å². The first-order valence-electron chi connectivity index (χ1n) is 5.78. The van der Waals surface area contributed by atoms with Crippen LogP contribution < -0.4 is 10.5 Å². The summed E-state index contributed by atoms with van der Waals surface area (Å²) in [6, 6.07) is 9.46. The number of nitrogen functional groups attached to an aromatic ring is 1. The van der Waals surface area contributed by atoms with Gasteiger partial charge in [-0.1, -0.05) is 23.7 Å². The maximum atomic E-state index is 6.11. The molecule has 0 heterocycles. The highest BCUT2D eigenvalue weighted by Gasteiger charge is 2.10. The SMILES string of the molecule is Cc1cc(C)c(C)c(Oc2c(N)cccc2Cl)c1. The van der Waals surface area contributed by atoms with Gasteiger partial charge in [-0.3, -0.25) is 0 Å². The van der Waals surface area contributed by atoms with Crippen LogP contribution in [-0.2, 0) is 0 Å². The number of benzene rings is 2. The van der Waals surface area contributed by atoms with Crippen molar-refractivity contribution in [3.63, 3.8) is 0 Å². The van der Waals surface area contributed by atoms with Crippen molar-refractivity contribution < 1.29 is 4.74 Å². The Morgan fingerprint density at radius 2 is 1.83 bits per heavy atom. The smallest absolute Gasteiger partial charge is 0.168 e. The van der Waals surface area contributed by atoms with Gasteiger partial charge in [-0.25, -0.2) is 0 Å². The molecular weight excluding hydrogens is 246 g/mol. The van der Waals surface area contributed by atoms with Gasteiger partial charge >= 0.3 is 0 Å². The number of hydrogen-bond acceptors (Lipinski definition) is 2. The van der Waals surface area contributed by atoms with E-state index in [4.69, 9.17) is 22.1 Å². The van der Waals surface area contributed by atoms with Crippen molar-refractivity contribution in [1.82, 2.24) is 0 Å². The summed E-state index contributed by atoms with van der Waals surface area (Å²) in [6.07, 6.45) is 0. The third kappa shape index (κ3) is 2.44. The molecule has 2 aromatic rings. The summed E-state index contributed by atoms with van der Waals surface area (Å²) in [5.41, 5.74) is 9.87. The zero-order valence-electron chi connectivity index (χ0n) is 10.8. The van der Waals surface area contributed by atoms with E-state index in [1.165, 1.54) is 5.56 Å². The third-order valence-electron chi connectivity index (χ3n) is 2.97. The molecule has 2 N–H and O–H groups in total. The third-order valence-corrected chi connectivity index (χ3v) is 3.27. The van der Waals surface area contributed by atoms with Crippen LogP contribution >= 0.6 is 11.6 Å². The number of rotatable bonds is 2. The molecule has 0 saturated carbocycles. The molecule has 0 fully saturated rings. The van der Waals surface area contributed by atoms with Gasteiger partial charge in [-0.2, -0.15) is 0 Å². The Labute approximate surface area is 112 Å². The Bertz CT molecular complexity index is 573. The summed E-state index contributed by atoms with van der Waals surface area (Å²) < 4.78 is 5.88. The summed E-state index contributed by atoms with van der Waals surface area (Å²) in [5, 5.41) is 0.522. The second-order valence-corrected chi connectivity index (χ2v) is 4.87. The molecule has 2 rings (SSSR count). The van der Waals surface area contributed by atoms with Crippen molar-refractivity contribution in [3.05, 3.63) is 52.0 Å². The molecule has 0 saturated heterocycles. The predicted molar refractivity (Wildman–Crippen MR) is 76.6 cm³/mol. The lowest BCUT2D eigenvalue weighted by Gasteiger charge is -2.14. The molecule has 0 aromatic heterocycles. The fourth-order valence-corrected chi connectivity index (χ4v) is 2.07. The normalized spacial score (nSPS) is 10.4. The number of nitrogens with two attached hydrogens (primary N) is 1. The standard InChI is InChI=1S/C15H16ClNO/c1-9-7-10(2)11(3)14(8-9)18-15-12(16)5-4-6-13(15)17/h4-8H,17H2,1-3H3. The molecule has 94 valence electrons. The van der Waals surface area contributed by atoms with Crippen LogP contribution in [0.2, 0.25) is 5.02 Å². The average molecular weight is 262 g/mol. The fraction of sp³-hybridized carbons (Fsp3) is 0.200. The molecule has 18 heavy (non-hydrogen) atoms. The minimum Gasteiger partial charge on any atom is -0.453 e. The van der Waals surface area contributed by atoms with Crippen molar-refractivity contribution in [2.75, 3.05) is 5.73 Å². The van der Waals surface area contributed by atoms with Crippen molar-refractivity contribution >= 4 is 17.3 Å². The first-order valence-corrected chi connectivity index (χ1v) is 6.16. The monoisotopic (exact) mass is 261 g/mol. The molecule has 3 heteroatoms. The maximum Gasteiger partial charge on any atom is 0.168 e. The highest BCUT2D eigenvalue weighted by Crippen LogP contribution is 2.36. The van der Waals surface area contributed by atoms with Gasteiger partial charge in [0.25, 0.3) is 0 Å². The van der Waals surface area contributed by atoms with Crippen LogP contribution in [0.1, 0.15) is 16.7 Å². The van der Waals surface area contributed by atoms with Gasteiger partial charge in [0.2, 0.25) is 0 Å². The van der Waals surface area contributed by atoms with E-state index in [9.17, 15) is 0 Å². The molecule has 0 aliphatic rings. The quantitative estimate of drug-likeness (QED) is 0.800. The van der Waals surface area contributed by atoms with Crippen molar-refractivity contribution in [2.45, 2.75) is 20.8 Å². The molecule has 0 bridgehead atoms. The Kier molecular flexibility index (Phi) is 3.48. The van der Waals surface area contributed by atoms with E-state index in [2.05, 4.69) is 13.0 Å². The van der Waals surface area contributed by atoms with Gasteiger partial charge in [0.15, 0.2) is 5.75 Å². The Balaban J connectivity index is 2.46. The van der Waals surface area contributed by atoms with Crippen LogP contribution in [0.5, 0.6) is 11.5 Å². The molecule has 2 aromatic carbocycles. The number of anilines is 1. The minimum absolute atomic E-state index is 0.521. The summed E-state index contributed by atoms with van der Waals surface area (Å²) in [5.74, 6) is 1.32. The van der Waals surface area contributed by atoms with Crippen LogP contribution in [0.25, 0.3) is 0 Å². The number of halogens is 1. The van der Waals surface area contributed by atoms with E-state index in [0.29, 0.717) is 16.5 Å². The molecule has 0 radical (unpaired) electrons. The maximum absolute atomic E-state index is 6.11. The molecule has 0 atom stereocenters. The van der Waals surface area contributed by atoms with Crippen LogP contribution in [0, 0.1) is 20.8 Å². The highest BCUT2D eigenvalue weighted by molar-refractivity contribution is 6.32. The van der Waals surface area contributed by atoms with Crippen LogP contribution in [0.4, 0.5) is 5.69 Å². The first kappa shape index (κ1) is 12.8. The number of ether oxygens (including phenoxy) is 1. The molecule has 0 aliphatic heterocycles. The predicted octanol–water partition coefficient (Wildman–Crippen LogP) is 4.64. The Morgan fingerprint density at radius 3 is 2.50 bits per heavy atom. The lowest BCUT2D eigenvalue weighted by Crippen LogP contribution is -1.96. The van der Waals surface area contributed by atoms with Gasteiger partial charge in [-0.05, 0) is 55.7 Å². The van der Waals surface area contributed by atoms with Crippen LogP contribution in [-0.4, -0.2) is 0 Å². The topological polar surface area (TPSA) is 35.2 Å². The van der Waals surface area contributed by atoms with Gasteiger partial charge < -0.3 is 10.5 Å². The molecule has 0 unspecified atom stereocenters. The van der Waals surface area contributed by atoms with Crippen molar-refractivity contribution in [3.8, 4) is 11.5 Å². The minimum atomic E-state index is 0.521. The van der Waals surface area contributed by atoms with E-state index in [1.807, 2.05) is 19.9 Å². The van der Waals surface area contributed by atoms with Crippen molar-refractivity contribution in [2.24, 2.45) is 0 Å². The molecule has 2 nitrogen and oxygen atoms in total. The summed E-state index contributed by atoms with van der Waals surface area (Å²) >= 11 is 6.11. The number of para-hydroxylation sites is 1. The first-order chi connectivity index (χ1) is 8.49. The average Bonchev–Trinajstić information content (AvgIpc) is 2.30. The molecule has 0 amide bonds. The van der Waals surface area contributed by atoms with Crippen molar-refractivity contribution in [1.29, 1.82) is 0 Å². The van der Waals surface area contributed by atoms with Gasteiger partial charge in [0.1, 0.15) is 5.75 Å². The number of aryl methyl sites for hydroxylation is 2. The van der Waals surface area contributed by atoms with E-state index in [0.717, 1.165) is 16.9 Å². The van der Waals surface area contributed by atoms with Gasteiger partial charge in [0, 0.05) is 0 Å². The van der Waals surface area contributed by atoms with E-state index < -0.39 is 0 Å². The largest absolute Gasteiger partial charge is 0.453 e. The Hall–Kier alpha value is -1.67. The van der Waals surface area contributed by atoms with Crippen LogP contribution in [0.15, 0.2) is 30.3 Å². The van der Waals surface area contributed by atoms with E-state index in [-0.39, 0.29) is 0 Å². The lowest BCUT2D eigenvalue weighted by molar-refractivity contribution is 0.480. The summed E-state index contributed by atoms with van der Waals surface area (Å²) in [7, 11) is 0. The molecule has 0 aliphatic carbocycles. The molecular formula is C15H16ClNO. The van der Waals surface area contributed by atoms with E-state index >= 15 is 0 Å². The number of hydrogen-bond donors (Lipinski definition) is 1. The zero-order valence-corrected chi connectivity index (χ0v) is 11.5.